The van der Waals surface area contributed by atoms with Gasteiger partial charge in [0.25, 0.3) is 5.69 Å². The first-order valence-corrected chi connectivity index (χ1v) is 4.75. The van der Waals surface area contributed by atoms with Crippen molar-refractivity contribution >= 4 is 21.6 Å². The summed E-state index contributed by atoms with van der Waals surface area (Å²) in [6.45, 7) is 7.42. The highest BCUT2D eigenvalue weighted by Crippen LogP contribution is 2.32. The van der Waals surface area contributed by atoms with Gasteiger partial charge in [0.1, 0.15) is 0 Å². The summed E-state index contributed by atoms with van der Waals surface area (Å²) in [5, 5.41) is 10.6. The number of allylic oxidation sites excluding steroid dienone is 1. The molecule has 0 aliphatic rings. The number of nitrogens with zero attached hydrogens (tertiary/aromatic N) is 1. The number of nitro benzene ring substituents is 1. The van der Waals surface area contributed by atoms with Gasteiger partial charge in [-0.2, -0.15) is 0 Å². The van der Waals surface area contributed by atoms with Gasteiger partial charge in [0.2, 0.25) is 0 Å². The van der Waals surface area contributed by atoms with E-state index >= 15 is 0 Å². The Morgan fingerprint density at radius 1 is 1.57 bits per heavy atom. The second kappa shape index (κ2) is 4.37. The highest BCUT2D eigenvalue weighted by atomic mass is 79.9. The Balaban J connectivity index is 3.26. The average molecular weight is 255 g/mol. The van der Waals surface area contributed by atoms with Gasteiger partial charge in [-0.15, -0.1) is 6.58 Å². The van der Waals surface area contributed by atoms with Crippen molar-refractivity contribution in [3.63, 3.8) is 0 Å². The molecule has 0 amide bonds. The fourth-order valence-electron chi connectivity index (χ4n) is 1.09. The molecule has 0 saturated carbocycles. The van der Waals surface area contributed by atoms with Crippen LogP contribution < -0.4 is 0 Å². The molecule has 14 heavy (non-hydrogen) atoms. The smallest absolute Gasteiger partial charge is 0.258 e. The van der Waals surface area contributed by atoms with Crippen LogP contribution in [0, 0.1) is 17.0 Å². The van der Waals surface area contributed by atoms with Gasteiger partial charge in [0.15, 0.2) is 0 Å². The molecule has 1 aromatic carbocycles. The van der Waals surface area contributed by atoms with Crippen LogP contribution in [0.25, 0.3) is 0 Å². The van der Waals surface area contributed by atoms with E-state index in [9.17, 15) is 10.1 Å². The summed E-state index contributed by atoms with van der Waals surface area (Å²) in [5.74, 6) is -0.149. The van der Waals surface area contributed by atoms with E-state index in [0.29, 0.717) is 4.47 Å². The van der Waals surface area contributed by atoms with E-state index in [4.69, 9.17) is 0 Å². The summed E-state index contributed by atoms with van der Waals surface area (Å²) >= 11 is 3.19. The summed E-state index contributed by atoms with van der Waals surface area (Å²) in [5.41, 5.74) is 0.826. The van der Waals surface area contributed by atoms with E-state index in [1.165, 1.54) is 6.07 Å². The van der Waals surface area contributed by atoms with Gasteiger partial charge < -0.3 is 0 Å². The van der Waals surface area contributed by atoms with E-state index in [-0.39, 0.29) is 11.6 Å². The molecule has 0 spiro atoms. The monoisotopic (exact) mass is 254 g/mol. The minimum atomic E-state index is -0.427. The molecule has 1 unspecified atom stereocenters. The first kappa shape index (κ1) is 10.9. The number of halogens is 1. The molecule has 0 aromatic heterocycles. The molecular formula is C10H9BrNO2. The second-order valence-corrected chi connectivity index (χ2v) is 3.57. The van der Waals surface area contributed by atoms with E-state index < -0.39 is 4.92 Å². The molecule has 0 fully saturated rings. The van der Waals surface area contributed by atoms with Crippen molar-refractivity contribution < 1.29 is 4.92 Å². The van der Waals surface area contributed by atoms with E-state index in [0.717, 1.165) is 5.56 Å². The van der Waals surface area contributed by atoms with E-state index in [1.807, 2.05) is 0 Å². The standard InChI is InChI=1S/C10H9BrNO2/c1-3-7(2)8-5-4-6-9(10(8)11)12(13)14/h3-7H,1-2H2. The maximum absolute atomic E-state index is 10.6. The molecule has 73 valence electrons. The predicted molar refractivity (Wildman–Crippen MR) is 59.1 cm³/mol. The number of hydrogen-bond donors (Lipinski definition) is 0. The summed E-state index contributed by atoms with van der Waals surface area (Å²) in [4.78, 5) is 10.2. The minimum absolute atomic E-state index is 0.0537. The first-order chi connectivity index (χ1) is 6.57. The van der Waals surface area contributed by atoms with Gasteiger partial charge in [-0.3, -0.25) is 10.1 Å². The summed E-state index contributed by atoms with van der Waals surface area (Å²) in [7, 11) is 0. The molecular weight excluding hydrogens is 246 g/mol. The lowest BCUT2D eigenvalue weighted by Crippen LogP contribution is -1.95. The van der Waals surface area contributed by atoms with Crippen LogP contribution in [-0.2, 0) is 0 Å². The van der Waals surface area contributed by atoms with E-state index in [1.54, 1.807) is 18.2 Å². The maximum Gasteiger partial charge on any atom is 0.283 e. The van der Waals surface area contributed by atoms with Gasteiger partial charge in [0.05, 0.1) is 9.40 Å². The molecule has 1 rings (SSSR count). The Morgan fingerprint density at radius 3 is 2.71 bits per heavy atom. The molecule has 1 aromatic rings. The third kappa shape index (κ3) is 2.01. The molecule has 3 nitrogen and oxygen atoms in total. The van der Waals surface area contributed by atoms with Gasteiger partial charge >= 0.3 is 0 Å². The maximum atomic E-state index is 10.6. The van der Waals surface area contributed by atoms with Gasteiger partial charge in [-0.25, -0.2) is 0 Å². The minimum Gasteiger partial charge on any atom is -0.258 e. The van der Waals surface area contributed by atoms with Crippen molar-refractivity contribution in [2.75, 3.05) is 0 Å². The fraction of sp³-hybridized carbons (Fsp3) is 0.100. The van der Waals surface area contributed by atoms with Crippen molar-refractivity contribution in [1.29, 1.82) is 0 Å². The lowest BCUT2D eigenvalue weighted by molar-refractivity contribution is -0.385. The molecule has 0 aliphatic heterocycles. The van der Waals surface area contributed by atoms with Crippen LogP contribution in [0.4, 0.5) is 5.69 Å². The van der Waals surface area contributed by atoms with Gasteiger partial charge in [-0.05, 0) is 28.4 Å². The van der Waals surface area contributed by atoms with Crippen LogP contribution in [0.2, 0.25) is 0 Å². The Labute approximate surface area is 90.7 Å². The third-order valence-electron chi connectivity index (χ3n) is 1.89. The zero-order chi connectivity index (χ0) is 10.7. The molecule has 0 N–H and O–H groups in total. The lowest BCUT2D eigenvalue weighted by atomic mass is 10.0. The predicted octanol–water partition coefficient (Wildman–Crippen LogP) is 3.46. The normalized spacial score (nSPS) is 12.1. The molecule has 1 atom stereocenters. The Hall–Kier alpha value is -1.16. The van der Waals surface area contributed by atoms with Crippen LogP contribution in [0.3, 0.4) is 0 Å². The largest absolute Gasteiger partial charge is 0.283 e. The van der Waals surface area contributed by atoms with Crippen LogP contribution in [0.5, 0.6) is 0 Å². The summed E-state index contributed by atoms with van der Waals surface area (Å²) in [6, 6.07) is 4.87. The van der Waals surface area contributed by atoms with Crippen molar-refractivity contribution in [1.82, 2.24) is 0 Å². The van der Waals surface area contributed by atoms with Gasteiger partial charge in [0, 0.05) is 12.0 Å². The number of rotatable bonds is 3. The van der Waals surface area contributed by atoms with Crippen molar-refractivity contribution in [3.05, 3.63) is 57.9 Å². The zero-order valence-corrected chi connectivity index (χ0v) is 9.03. The molecule has 0 bridgehead atoms. The highest BCUT2D eigenvalue weighted by molar-refractivity contribution is 9.10. The van der Waals surface area contributed by atoms with Crippen LogP contribution in [-0.4, -0.2) is 4.92 Å². The van der Waals surface area contributed by atoms with Crippen LogP contribution >= 0.6 is 15.9 Å². The third-order valence-corrected chi connectivity index (χ3v) is 2.75. The van der Waals surface area contributed by atoms with Crippen molar-refractivity contribution in [2.45, 2.75) is 5.92 Å². The summed E-state index contributed by atoms with van der Waals surface area (Å²) in [6.07, 6.45) is 1.64. The first-order valence-electron chi connectivity index (χ1n) is 3.96. The SMILES string of the molecule is [CH2]C(C=C)c1cccc([N+](=O)[O-])c1Br. The summed E-state index contributed by atoms with van der Waals surface area (Å²) < 4.78 is 0.477. The second-order valence-electron chi connectivity index (χ2n) is 2.78. The zero-order valence-electron chi connectivity index (χ0n) is 7.44. The molecule has 4 heteroatoms. The Morgan fingerprint density at radius 2 is 2.21 bits per heavy atom. The Bertz CT molecular complexity index is 376. The topological polar surface area (TPSA) is 43.1 Å². The van der Waals surface area contributed by atoms with Crippen LogP contribution in [0.1, 0.15) is 11.5 Å². The number of benzene rings is 1. The lowest BCUT2D eigenvalue weighted by Gasteiger charge is -2.08. The highest BCUT2D eigenvalue weighted by Gasteiger charge is 2.16. The quantitative estimate of drug-likeness (QED) is 0.471. The van der Waals surface area contributed by atoms with Crippen LogP contribution in [0.15, 0.2) is 35.3 Å². The number of nitro groups is 1. The molecule has 0 aliphatic carbocycles. The molecule has 1 radical (unpaired) electrons. The molecule has 0 heterocycles. The Kier molecular flexibility index (Phi) is 3.41. The molecule has 0 saturated heterocycles. The van der Waals surface area contributed by atoms with Crippen molar-refractivity contribution in [3.8, 4) is 0 Å². The number of hydrogen-bond acceptors (Lipinski definition) is 2. The van der Waals surface area contributed by atoms with Gasteiger partial charge in [-0.1, -0.05) is 18.2 Å². The van der Waals surface area contributed by atoms with Crippen molar-refractivity contribution in [2.24, 2.45) is 0 Å². The van der Waals surface area contributed by atoms with E-state index in [2.05, 4.69) is 29.4 Å². The fourth-order valence-corrected chi connectivity index (χ4v) is 1.79. The average Bonchev–Trinajstić information content (AvgIpc) is 2.16.